The number of sulfone groups is 2. The van der Waals surface area contributed by atoms with Crippen molar-refractivity contribution in [1.82, 2.24) is 5.32 Å². The largest absolute Gasteiger partial charge is 0.493 e. The number of hydrogen-bond donors (Lipinski definition) is 1. The van der Waals surface area contributed by atoms with Crippen LogP contribution in [0, 0.1) is 0 Å². The van der Waals surface area contributed by atoms with Gasteiger partial charge >= 0.3 is 5.97 Å². The summed E-state index contributed by atoms with van der Waals surface area (Å²) in [6.45, 7) is 1.55. The molecule has 0 bridgehead atoms. The lowest BCUT2D eigenvalue weighted by atomic mass is 10.2. The molecule has 1 heterocycles. The van der Waals surface area contributed by atoms with E-state index in [0.717, 1.165) is 0 Å². The van der Waals surface area contributed by atoms with E-state index in [-0.39, 0.29) is 29.5 Å². The maximum atomic E-state index is 13.1. The van der Waals surface area contributed by atoms with Gasteiger partial charge in [0.2, 0.25) is 0 Å². The van der Waals surface area contributed by atoms with Crippen molar-refractivity contribution in [3.63, 3.8) is 0 Å². The lowest BCUT2D eigenvalue weighted by Crippen LogP contribution is -2.45. The molecule has 27 heavy (non-hydrogen) atoms. The lowest BCUT2D eigenvalue weighted by molar-refractivity contribution is -0.142. The molecule has 9 nitrogen and oxygen atoms in total. The summed E-state index contributed by atoms with van der Waals surface area (Å²) in [4.78, 5) is 11.4. The normalized spacial score (nSPS) is 21.6. The molecule has 2 atom stereocenters. The van der Waals surface area contributed by atoms with Crippen LogP contribution in [0.15, 0.2) is 23.1 Å². The van der Waals surface area contributed by atoms with E-state index in [1.807, 2.05) is 0 Å². The fourth-order valence-electron chi connectivity index (χ4n) is 2.91. The first-order valence-corrected chi connectivity index (χ1v) is 11.6. The van der Waals surface area contributed by atoms with Gasteiger partial charge in [0.15, 0.2) is 31.2 Å². The lowest BCUT2D eigenvalue weighted by Gasteiger charge is -2.20. The van der Waals surface area contributed by atoms with Crippen molar-refractivity contribution in [2.45, 2.75) is 23.1 Å². The summed E-state index contributed by atoms with van der Waals surface area (Å²) in [7, 11) is -4.79. The minimum atomic E-state index is -4.01. The van der Waals surface area contributed by atoms with Crippen LogP contribution in [0.4, 0.5) is 0 Å². The molecule has 0 amide bonds. The van der Waals surface area contributed by atoms with E-state index in [9.17, 15) is 21.6 Å². The van der Waals surface area contributed by atoms with Gasteiger partial charge in [-0.1, -0.05) is 0 Å². The van der Waals surface area contributed by atoms with E-state index >= 15 is 0 Å². The van der Waals surface area contributed by atoms with Crippen molar-refractivity contribution in [3.05, 3.63) is 18.2 Å². The first kappa shape index (κ1) is 21.5. The number of benzene rings is 1. The second-order valence-corrected chi connectivity index (χ2v) is 10.3. The molecular weight excluding hydrogens is 398 g/mol. The molecule has 0 unspecified atom stereocenters. The Morgan fingerprint density at radius 2 is 1.85 bits per heavy atom. The Hall–Kier alpha value is -1.85. The van der Waals surface area contributed by atoms with Crippen LogP contribution in [0.3, 0.4) is 0 Å². The van der Waals surface area contributed by atoms with Gasteiger partial charge in [0.05, 0.1) is 49.0 Å². The highest BCUT2D eigenvalue weighted by Gasteiger charge is 2.46. The van der Waals surface area contributed by atoms with Crippen LogP contribution in [-0.2, 0) is 29.2 Å². The molecule has 1 N–H and O–H groups in total. The van der Waals surface area contributed by atoms with E-state index in [1.54, 1.807) is 6.92 Å². The highest BCUT2D eigenvalue weighted by Crippen LogP contribution is 2.33. The van der Waals surface area contributed by atoms with Gasteiger partial charge < -0.3 is 19.5 Å². The van der Waals surface area contributed by atoms with Crippen LogP contribution in [0.2, 0.25) is 0 Å². The third kappa shape index (κ3) is 4.90. The van der Waals surface area contributed by atoms with Crippen LogP contribution in [0.5, 0.6) is 11.5 Å². The first-order valence-electron chi connectivity index (χ1n) is 8.20. The molecule has 2 rings (SSSR count). The Kier molecular flexibility index (Phi) is 6.71. The quantitative estimate of drug-likeness (QED) is 0.568. The van der Waals surface area contributed by atoms with Crippen molar-refractivity contribution in [1.29, 1.82) is 0 Å². The fraction of sp³-hybridized carbons (Fsp3) is 0.562. The molecular formula is C16H23NO8S2. The molecule has 0 radical (unpaired) electrons. The van der Waals surface area contributed by atoms with E-state index < -0.39 is 42.7 Å². The van der Waals surface area contributed by atoms with Crippen LogP contribution >= 0.6 is 0 Å². The first-order chi connectivity index (χ1) is 12.6. The predicted molar refractivity (Wildman–Crippen MR) is 97.6 cm³/mol. The predicted octanol–water partition coefficient (Wildman–Crippen LogP) is -0.204. The summed E-state index contributed by atoms with van der Waals surface area (Å²) in [5.74, 6) is -0.902. The van der Waals surface area contributed by atoms with Crippen molar-refractivity contribution >= 4 is 25.6 Å². The van der Waals surface area contributed by atoms with Crippen LogP contribution in [0.1, 0.15) is 6.92 Å². The second-order valence-electron chi connectivity index (χ2n) is 5.97. The molecule has 1 aromatic rings. The molecule has 0 saturated carbocycles. The van der Waals surface area contributed by atoms with Crippen LogP contribution < -0.4 is 14.8 Å². The maximum absolute atomic E-state index is 13.1. The van der Waals surface area contributed by atoms with Crippen molar-refractivity contribution in [2.24, 2.45) is 0 Å². The zero-order chi connectivity index (χ0) is 20.2. The Labute approximate surface area is 158 Å². The van der Waals surface area contributed by atoms with Gasteiger partial charge in [0.1, 0.15) is 0 Å². The molecule has 1 fully saturated rings. The molecule has 0 aliphatic carbocycles. The van der Waals surface area contributed by atoms with E-state index in [1.165, 1.54) is 32.4 Å². The highest BCUT2D eigenvalue weighted by molar-refractivity contribution is 7.96. The SMILES string of the molecule is CCOC(=O)CN[C@H]1CS(=O)(=O)C[C@@H]1S(=O)(=O)c1ccc(OC)c(OC)c1. The summed E-state index contributed by atoms with van der Waals surface area (Å²) in [6.07, 6.45) is 0. The number of rotatable bonds is 8. The number of carbonyl (C=O) groups excluding carboxylic acids is 1. The monoisotopic (exact) mass is 421 g/mol. The summed E-state index contributed by atoms with van der Waals surface area (Å²) in [5, 5.41) is 1.48. The van der Waals surface area contributed by atoms with Gasteiger partial charge in [-0.2, -0.15) is 0 Å². The second kappa shape index (κ2) is 8.44. The topological polar surface area (TPSA) is 125 Å². The molecule has 11 heteroatoms. The minimum Gasteiger partial charge on any atom is -0.493 e. The van der Waals surface area contributed by atoms with Gasteiger partial charge in [-0.25, -0.2) is 16.8 Å². The molecule has 152 valence electrons. The van der Waals surface area contributed by atoms with Gasteiger partial charge in [-0.05, 0) is 19.1 Å². The smallest absolute Gasteiger partial charge is 0.319 e. The third-order valence-electron chi connectivity index (χ3n) is 4.20. The summed E-state index contributed by atoms with van der Waals surface area (Å²) >= 11 is 0. The zero-order valence-corrected chi connectivity index (χ0v) is 16.9. The molecule has 1 aromatic carbocycles. The number of methoxy groups -OCH3 is 2. The third-order valence-corrected chi connectivity index (χ3v) is 8.34. The molecule has 1 saturated heterocycles. The average molecular weight is 421 g/mol. The van der Waals surface area contributed by atoms with Crippen LogP contribution in [-0.4, -0.2) is 73.0 Å². The standard InChI is InChI=1S/C16H23NO8S2/c1-4-25-16(18)8-17-12-9-26(19,20)10-15(12)27(21,22)11-5-6-13(23-2)14(7-11)24-3/h5-7,12,15,17H,4,8-10H2,1-3H3/t12-,15-/m0/s1. The molecule has 1 aliphatic heterocycles. The van der Waals surface area contributed by atoms with Crippen LogP contribution in [0.25, 0.3) is 0 Å². The van der Waals surface area contributed by atoms with Crippen molar-refractivity contribution < 1.29 is 35.8 Å². The maximum Gasteiger partial charge on any atom is 0.319 e. The number of carbonyl (C=O) groups is 1. The summed E-state index contributed by atoms with van der Waals surface area (Å²) in [5.41, 5.74) is 0. The molecule has 0 spiro atoms. The number of ether oxygens (including phenoxy) is 3. The van der Waals surface area contributed by atoms with E-state index in [0.29, 0.717) is 5.75 Å². The van der Waals surface area contributed by atoms with Gasteiger partial charge in [-0.15, -0.1) is 0 Å². The minimum absolute atomic E-state index is 0.0785. The number of nitrogens with one attached hydrogen (secondary N) is 1. The zero-order valence-electron chi connectivity index (χ0n) is 15.3. The number of hydrogen-bond acceptors (Lipinski definition) is 9. The van der Waals surface area contributed by atoms with Crippen molar-refractivity contribution in [3.8, 4) is 11.5 Å². The number of esters is 1. The van der Waals surface area contributed by atoms with Gasteiger partial charge in [0.25, 0.3) is 0 Å². The Balaban J connectivity index is 2.32. The summed E-state index contributed by atoms with van der Waals surface area (Å²) < 4.78 is 65.2. The van der Waals surface area contributed by atoms with E-state index in [4.69, 9.17) is 14.2 Å². The summed E-state index contributed by atoms with van der Waals surface area (Å²) in [6, 6.07) is 3.15. The van der Waals surface area contributed by atoms with Crippen molar-refractivity contribution in [2.75, 3.05) is 38.9 Å². The van der Waals surface area contributed by atoms with Gasteiger partial charge in [0, 0.05) is 12.1 Å². The Bertz CT molecular complexity index is 895. The Morgan fingerprint density at radius 1 is 1.19 bits per heavy atom. The highest BCUT2D eigenvalue weighted by atomic mass is 32.2. The van der Waals surface area contributed by atoms with E-state index in [2.05, 4.69) is 5.32 Å². The Morgan fingerprint density at radius 3 is 2.44 bits per heavy atom. The molecule has 0 aromatic heterocycles. The fourth-order valence-corrected chi connectivity index (χ4v) is 7.64. The molecule has 1 aliphatic rings. The van der Waals surface area contributed by atoms with Gasteiger partial charge in [-0.3, -0.25) is 4.79 Å². The average Bonchev–Trinajstić information content (AvgIpc) is 2.95.